The van der Waals surface area contributed by atoms with Crippen LogP contribution in [0.15, 0.2) is 0 Å². The van der Waals surface area contributed by atoms with E-state index >= 15 is 0 Å². The van der Waals surface area contributed by atoms with E-state index in [4.69, 9.17) is 0 Å². The zero-order valence-corrected chi connectivity index (χ0v) is 12.3. The van der Waals surface area contributed by atoms with Crippen molar-refractivity contribution >= 4 is 5.82 Å². The second kappa shape index (κ2) is 6.39. The number of aromatic nitrogens is 2. The molecule has 108 valence electrons. The molecule has 2 N–H and O–H groups in total. The fraction of sp³-hybridized carbons (Fsp3) is 0.786. The highest BCUT2D eigenvalue weighted by Gasteiger charge is 2.24. The van der Waals surface area contributed by atoms with Crippen LogP contribution in [0.3, 0.4) is 0 Å². The number of hydrogen-bond acceptors (Lipinski definition) is 4. The molecule has 19 heavy (non-hydrogen) atoms. The molecule has 2 heterocycles. The Morgan fingerprint density at radius 3 is 2.95 bits per heavy atom. The Morgan fingerprint density at radius 2 is 2.26 bits per heavy atom. The molecule has 1 unspecified atom stereocenters. The van der Waals surface area contributed by atoms with Gasteiger partial charge in [0.1, 0.15) is 5.82 Å². The third-order valence-electron chi connectivity index (χ3n) is 3.94. The minimum atomic E-state index is 0.288. The predicted molar refractivity (Wildman–Crippen MR) is 77.3 cm³/mol. The first kappa shape index (κ1) is 14.3. The molecule has 1 saturated heterocycles. The van der Waals surface area contributed by atoms with Gasteiger partial charge in [-0.3, -0.25) is 4.68 Å². The molecular weight excluding hydrogens is 240 g/mol. The zero-order valence-electron chi connectivity index (χ0n) is 12.3. The van der Waals surface area contributed by atoms with E-state index in [1.165, 1.54) is 11.4 Å². The molecule has 1 atom stereocenters. The van der Waals surface area contributed by atoms with Crippen LogP contribution in [-0.4, -0.2) is 41.1 Å². The topological polar surface area (TPSA) is 53.3 Å². The van der Waals surface area contributed by atoms with E-state index in [0.717, 1.165) is 44.7 Å². The highest BCUT2D eigenvalue weighted by atomic mass is 16.3. The molecule has 0 aliphatic carbocycles. The molecule has 1 aliphatic rings. The first-order valence-corrected chi connectivity index (χ1v) is 7.26. The smallest absolute Gasteiger partial charge is 0.131 e. The molecule has 5 heteroatoms. The lowest BCUT2D eigenvalue weighted by atomic mass is 9.98. The maximum atomic E-state index is 9.38. The van der Waals surface area contributed by atoms with E-state index < -0.39 is 0 Å². The Labute approximate surface area is 115 Å². The van der Waals surface area contributed by atoms with E-state index in [-0.39, 0.29) is 6.61 Å². The Morgan fingerprint density at radius 1 is 1.47 bits per heavy atom. The lowest BCUT2D eigenvalue weighted by Gasteiger charge is -2.34. The summed E-state index contributed by atoms with van der Waals surface area (Å²) >= 11 is 0. The van der Waals surface area contributed by atoms with Crippen LogP contribution in [0.1, 0.15) is 31.0 Å². The highest BCUT2D eigenvalue weighted by molar-refractivity contribution is 5.50. The van der Waals surface area contributed by atoms with Crippen LogP contribution in [0.2, 0.25) is 0 Å². The monoisotopic (exact) mass is 266 g/mol. The lowest BCUT2D eigenvalue weighted by molar-refractivity contribution is 0.208. The minimum absolute atomic E-state index is 0.288. The van der Waals surface area contributed by atoms with Crippen molar-refractivity contribution in [3.63, 3.8) is 0 Å². The summed E-state index contributed by atoms with van der Waals surface area (Å²) in [7, 11) is 2.01. The SMILES string of the molecule is CCNCc1c(C)nn(C)c1N1CCCC(CO)C1. The van der Waals surface area contributed by atoms with Gasteiger partial charge in [-0.1, -0.05) is 6.92 Å². The molecular formula is C14H26N4O. The van der Waals surface area contributed by atoms with E-state index in [9.17, 15) is 5.11 Å². The van der Waals surface area contributed by atoms with Crippen molar-refractivity contribution in [2.24, 2.45) is 13.0 Å². The summed E-state index contributed by atoms with van der Waals surface area (Å²) < 4.78 is 1.99. The molecule has 1 aliphatic heterocycles. The fourth-order valence-corrected chi connectivity index (χ4v) is 2.95. The number of piperidine rings is 1. The third kappa shape index (κ3) is 3.09. The highest BCUT2D eigenvalue weighted by Crippen LogP contribution is 2.27. The molecule has 0 aromatic carbocycles. The molecule has 0 spiro atoms. The number of anilines is 1. The first-order chi connectivity index (χ1) is 9.17. The maximum Gasteiger partial charge on any atom is 0.131 e. The standard InChI is InChI=1S/C14H26N4O/c1-4-15-8-13-11(2)16-17(3)14(13)18-7-5-6-12(9-18)10-19/h12,15,19H,4-10H2,1-3H3. The van der Waals surface area contributed by atoms with E-state index in [1.54, 1.807) is 0 Å². The molecule has 1 fully saturated rings. The Kier molecular flexibility index (Phi) is 4.82. The maximum absolute atomic E-state index is 9.38. The van der Waals surface area contributed by atoms with Gasteiger partial charge in [-0.05, 0) is 32.2 Å². The Hall–Kier alpha value is -1.07. The Balaban J connectivity index is 2.22. The fourth-order valence-electron chi connectivity index (χ4n) is 2.95. The van der Waals surface area contributed by atoms with Crippen molar-refractivity contribution in [3.05, 3.63) is 11.3 Å². The van der Waals surface area contributed by atoms with Gasteiger partial charge in [0.25, 0.3) is 0 Å². The van der Waals surface area contributed by atoms with Crippen LogP contribution in [-0.2, 0) is 13.6 Å². The van der Waals surface area contributed by atoms with Crippen molar-refractivity contribution in [1.29, 1.82) is 0 Å². The number of nitrogens with one attached hydrogen (secondary N) is 1. The summed E-state index contributed by atoms with van der Waals surface area (Å²) in [5, 5.41) is 17.3. The number of rotatable bonds is 5. The average Bonchev–Trinajstić information content (AvgIpc) is 2.70. The van der Waals surface area contributed by atoms with Gasteiger partial charge in [-0.2, -0.15) is 5.10 Å². The second-order valence-electron chi connectivity index (χ2n) is 5.43. The van der Waals surface area contributed by atoms with Crippen LogP contribution in [0.4, 0.5) is 5.82 Å². The van der Waals surface area contributed by atoms with Crippen LogP contribution in [0.25, 0.3) is 0 Å². The van der Waals surface area contributed by atoms with Crippen molar-refractivity contribution in [3.8, 4) is 0 Å². The van der Waals surface area contributed by atoms with Crippen LogP contribution in [0.5, 0.6) is 0 Å². The van der Waals surface area contributed by atoms with Gasteiger partial charge >= 0.3 is 0 Å². The summed E-state index contributed by atoms with van der Waals surface area (Å²) in [4.78, 5) is 2.39. The summed E-state index contributed by atoms with van der Waals surface area (Å²) in [6, 6.07) is 0. The minimum Gasteiger partial charge on any atom is -0.396 e. The van der Waals surface area contributed by atoms with E-state index in [2.05, 4.69) is 29.2 Å². The molecule has 1 aromatic heterocycles. The van der Waals surface area contributed by atoms with Crippen LogP contribution < -0.4 is 10.2 Å². The van der Waals surface area contributed by atoms with Crippen LogP contribution >= 0.6 is 0 Å². The normalized spacial score (nSPS) is 20.0. The number of hydrogen-bond donors (Lipinski definition) is 2. The van der Waals surface area contributed by atoms with Gasteiger partial charge in [-0.15, -0.1) is 0 Å². The largest absolute Gasteiger partial charge is 0.396 e. The number of aliphatic hydroxyl groups is 1. The van der Waals surface area contributed by atoms with Crippen molar-refractivity contribution in [2.45, 2.75) is 33.2 Å². The number of nitrogens with zero attached hydrogens (tertiary/aromatic N) is 3. The van der Waals surface area contributed by atoms with Crippen molar-refractivity contribution in [2.75, 3.05) is 31.1 Å². The van der Waals surface area contributed by atoms with E-state index in [1.807, 2.05) is 11.7 Å². The van der Waals surface area contributed by atoms with Crippen LogP contribution in [0, 0.1) is 12.8 Å². The van der Waals surface area contributed by atoms with Gasteiger partial charge in [0, 0.05) is 38.9 Å². The number of aryl methyl sites for hydroxylation is 2. The molecule has 0 saturated carbocycles. The van der Waals surface area contributed by atoms with Gasteiger partial charge in [-0.25, -0.2) is 0 Å². The molecule has 2 rings (SSSR count). The molecule has 1 aromatic rings. The first-order valence-electron chi connectivity index (χ1n) is 7.26. The van der Waals surface area contributed by atoms with Gasteiger partial charge < -0.3 is 15.3 Å². The predicted octanol–water partition coefficient (Wildman–Crippen LogP) is 1.05. The molecule has 0 bridgehead atoms. The average molecular weight is 266 g/mol. The zero-order chi connectivity index (χ0) is 13.8. The quantitative estimate of drug-likeness (QED) is 0.836. The second-order valence-corrected chi connectivity index (χ2v) is 5.43. The van der Waals surface area contributed by atoms with Gasteiger partial charge in [0.15, 0.2) is 0 Å². The third-order valence-corrected chi connectivity index (χ3v) is 3.94. The van der Waals surface area contributed by atoms with Gasteiger partial charge in [0.05, 0.1) is 5.69 Å². The lowest BCUT2D eigenvalue weighted by Crippen LogP contribution is -2.38. The summed E-state index contributed by atoms with van der Waals surface area (Å²) in [6.45, 7) is 8.32. The van der Waals surface area contributed by atoms with Crippen molar-refractivity contribution in [1.82, 2.24) is 15.1 Å². The van der Waals surface area contributed by atoms with E-state index in [0.29, 0.717) is 5.92 Å². The molecule has 0 amide bonds. The van der Waals surface area contributed by atoms with Gasteiger partial charge in [0.2, 0.25) is 0 Å². The number of aliphatic hydroxyl groups excluding tert-OH is 1. The summed E-state index contributed by atoms with van der Waals surface area (Å²) in [5.41, 5.74) is 2.40. The molecule has 5 nitrogen and oxygen atoms in total. The van der Waals surface area contributed by atoms with Crippen molar-refractivity contribution < 1.29 is 5.11 Å². The summed E-state index contributed by atoms with van der Waals surface area (Å²) in [6.07, 6.45) is 2.28. The molecule has 0 radical (unpaired) electrons. The Bertz CT molecular complexity index is 416. The summed E-state index contributed by atoms with van der Waals surface area (Å²) in [5.74, 6) is 1.62.